The number of nitrogens with zero attached hydrogens (tertiary/aromatic N) is 1. The third kappa shape index (κ3) is 4.05. The molecular formula is C49H33NO. The van der Waals surface area contributed by atoms with E-state index in [1.165, 1.54) is 93.5 Å². The number of para-hydroxylation sites is 1. The van der Waals surface area contributed by atoms with Crippen molar-refractivity contribution in [2.75, 3.05) is 0 Å². The number of aromatic nitrogens is 1. The zero-order valence-electron chi connectivity index (χ0n) is 28.4. The minimum absolute atomic E-state index is 0.184. The molecule has 51 heavy (non-hydrogen) atoms. The Kier molecular flexibility index (Phi) is 5.76. The predicted octanol–water partition coefficient (Wildman–Crippen LogP) is 13.5. The molecule has 0 saturated carbocycles. The first-order chi connectivity index (χ1) is 25.0. The second-order valence-corrected chi connectivity index (χ2v) is 14.5. The molecule has 2 nitrogen and oxygen atoms in total. The van der Waals surface area contributed by atoms with Crippen LogP contribution in [0.25, 0.3) is 93.6 Å². The fourth-order valence-corrected chi connectivity index (χ4v) is 8.79. The third-order valence-electron chi connectivity index (χ3n) is 11.4. The summed E-state index contributed by atoms with van der Waals surface area (Å²) in [5.41, 5.74) is 15.3. The molecule has 2 heteroatoms. The summed E-state index contributed by atoms with van der Waals surface area (Å²) in [5, 5.41) is 7.36. The van der Waals surface area contributed by atoms with Crippen LogP contribution in [0, 0.1) is 0 Å². The molecule has 0 unspecified atom stereocenters. The number of benzene rings is 8. The highest BCUT2D eigenvalue weighted by molar-refractivity contribution is 6.13. The van der Waals surface area contributed by atoms with Crippen LogP contribution in [-0.2, 0) is 5.41 Å². The summed E-state index contributed by atoms with van der Waals surface area (Å²) in [5.74, 6) is 0. The highest BCUT2D eigenvalue weighted by atomic mass is 16.3. The van der Waals surface area contributed by atoms with Gasteiger partial charge in [-0.2, -0.15) is 0 Å². The van der Waals surface area contributed by atoms with Gasteiger partial charge in [-0.25, -0.2) is 0 Å². The first kappa shape index (κ1) is 28.5. The van der Waals surface area contributed by atoms with Crippen molar-refractivity contribution in [3.63, 3.8) is 0 Å². The monoisotopic (exact) mass is 651 g/mol. The van der Waals surface area contributed by atoms with Crippen molar-refractivity contribution >= 4 is 54.5 Å². The second kappa shape index (κ2) is 10.3. The van der Waals surface area contributed by atoms with Crippen LogP contribution >= 0.6 is 0 Å². The molecule has 1 aliphatic carbocycles. The molecule has 0 bridgehead atoms. The Labute approximate surface area is 295 Å². The molecule has 0 radical (unpaired) electrons. The lowest BCUT2D eigenvalue weighted by Gasteiger charge is -2.22. The maximum Gasteiger partial charge on any atom is 0.143 e. The molecule has 0 aliphatic heterocycles. The highest BCUT2D eigenvalue weighted by Gasteiger charge is 2.38. The number of fused-ring (bicyclic) bond motifs is 11. The van der Waals surface area contributed by atoms with Crippen LogP contribution in [0.5, 0.6) is 0 Å². The molecular weight excluding hydrogens is 619 g/mol. The number of furan rings is 1. The van der Waals surface area contributed by atoms with Crippen LogP contribution in [0.4, 0.5) is 0 Å². The van der Waals surface area contributed by atoms with Gasteiger partial charge in [0.1, 0.15) is 11.2 Å². The van der Waals surface area contributed by atoms with Crippen molar-refractivity contribution in [3.8, 4) is 39.1 Å². The van der Waals surface area contributed by atoms with Gasteiger partial charge in [-0.3, -0.25) is 0 Å². The lowest BCUT2D eigenvalue weighted by molar-refractivity contribution is 0.653. The smallest absolute Gasteiger partial charge is 0.143 e. The number of hydrogen-bond donors (Lipinski definition) is 0. The summed E-state index contributed by atoms with van der Waals surface area (Å²) in [6.07, 6.45) is 0. The van der Waals surface area contributed by atoms with E-state index < -0.39 is 0 Å². The Morgan fingerprint density at radius 2 is 1.12 bits per heavy atom. The van der Waals surface area contributed by atoms with Crippen LogP contribution < -0.4 is 0 Å². The Morgan fingerprint density at radius 3 is 1.92 bits per heavy atom. The lowest BCUT2D eigenvalue weighted by Crippen LogP contribution is -2.15. The van der Waals surface area contributed by atoms with Crippen molar-refractivity contribution in [1.29, 1.82) is 0 Å². The van der Waals surface area contributed by atoms with Gasteiger partial charge in [-0.1, -0.05) is 129 Å². The molecule has 10 aromatic rings. The molecule has 8 aromatic carbocycles. The van der Waals surface area contributed by atoms with E-state index in [0.29, 0.717) is 0 Å². The Hall–Kier alpha value is -6.38. The summed E-state index contributed by atoms with van der Waals surface area (Å²) in [4.78, 5) is 0. The van der Waals surface area contributed by atoms with E-state index in [2.05, 4.69) is 182 Å². The predicted molar refractivity (Wildman–Crippen MR) is 214 cm³/mol. The topological polar surface area (TPSA) is 18.1 Å². The van der Waals surface area contributed by atoms with Crippen molar-refractivity contribution in [2.45, 2.75) is 19.3 Å². The van der Waals surface area contributed by atoms with Gasteiger partial charge < -0.3 is 8.98 Å². The quantitative estimate of drug-likeness (QED) is 0.186. The van der Waals surface area contributed by atoms with E-state index in [0.717, 1.165) is 11.2 Å². The largest absolute Gasteiger partial charge is 0.455 e. The fraction of sp³-hybridized carbons (Fsp3) is 0.0612. The van der Waals surface area contributed by atoms with Crippen molar-refractivity contribution in [1.82, 2.24) is 4.57 Å². The first-order valence-electron chi connectivity index (χ1n) is 17.8. The SMILES string of the molecule is CC1(C)c2cc(-n3c4ccc(-c5ccccc5)cc4c4cc(-c5ccc6ccccc6c5)ccc43)ccc2-c2c1ccc1c2oc2ccccc21. The summed E-state index contributed by atoms with van der Waals surface area (Å²) in [7, 11) is 0. The van der Waals surface area contributed by atoms with E-state index in [-0.39, 0.29) is 5.41 Å². The van der Waals surface area contributed by atoms with Gasteiger partial charge >= 0.3 is 0 Å². The van der Waals surface area contributed by atoms with Gasteiger partial charge in [-0.05, 0) is 98.2 Å². The van der Waals surface area contributed by atoms with Gasteiger partial charge in [0.2, 0.25) is 0 Å². The maximum atomic E-state index is 6.58. The zero-order valence-corrected chi connectivity index (χ0v) is 28.4. The van der Waals surface area contributed by atoms with E-state index >= 15 is 0 Å². The van der Waals surface area contributed by atoms with Gasteiger partial charge in [0.05, 0.1) is 11.0 Å². The molecule has 0 atom stereocenters. The van der Waals surface area contributed by atoms with E-state index in [1.54, 1.807) is 0 Å². The molecule has 0 fully saturated rings. The molecule has 11 rings (SSSR count). The van der Waals surface area contributed by atoms with Gasteiger partial charge in [0, 0.05) is 38.2 Å². The average molecular weight is 652 g/mol. The van der Waals surface area contributed by atoms with E-state index in [4.69, 9.17) is 4.42 Å². The Morgan fingerprint density at radius 1 is 0.451 bits per heavy atom. The van der Waals surface area contributed by atoms with Crippen molar-refractivity contribution in [3.05, 3.63) is 175 Å². The van der Waals surface area contributed by atoms with Crippen LogP contribution in [0.3, 0.4) is 0 Å². The summed E-state index contributed by atoms with van der Waals surface area (Å²) < 4.78 is 9.04. The molecule has 0 saturated heterocycles. The van der Waals surface area contributed by atoms with Crippen molar-refractivity contribution < 1.29 is 4.42 Å². The second-order valence-electron chi connectivity index (χ2n) is 14.5. The van der Waals surface area contributed by atoms with Gasteiger partial charge in [-0.15, -0.1) is 0 Å². The van der Waals surface area contributed by atoms with Crippen LogP contribution in [0.1, 0.15) is 25.0 Å². The minimum atomic E-state index is -0.184. The Balaban J connectivity index is 1.14. The molecule has 1 aliphatic rings. The van der Waals surface area contributed by atoms with E-state index in [1.807, 2.05) is 0 Å². The first-order valence-corrected chi connectivity index (χ1v) is 17.8. The molecule has 0 spiro atoms. The molecule has 2 aromatic heterocycles. The Bertz CT molecular complexity index is 3050. The molecule has 2 heterocycles. The average Bonchev–Trinajstić information content (AvgIpc) is 3.79. The lowest BCUT2D eigenvalue weighted by atomic mass is 9.82. The fourth-order valence-electron chi connectivity index (χ4n) is 8.79. The number of hydrogen-bond acceptors (Lipinski definition) is 1. The summed E-state index contributed by atoms with van der Waals surface area (Å²) in [6.45, 7) is 4.70. The molecule has 240 valence electrons. The van der Waals surface area contributed by atoms with Crippen LogP contribution in [-0.4, -0.2) is 4.57 Å². The summed E-state index contributed by atoms with van der Waals surface area (Å²) in [6, 6.07) is 60.0. The molecule has 0 amide bonds. The standard InChI is InChI=1S/C49H33NO/c1-49(2)42-23-22-38-37-14-8-9-15-46(37)51-48(38)47(42)39-21-20-36(29-43(39)49)50-44-24-18-34(30-10-4-3-5-11-30)27-40(44)41-28-35(19-25-45(41)50)33-17-16-31-12-6-7-13-32(31)26-33/h3-29H,1-2H3. The van der Waals surface area contributed by atoms with Crippen molar-refractivity contribution in [2.24, 2.45) is 0 Å². The highest BCUT2D eigenvalue weighted by Crippen LogP contribution is 2.53. The summed E-state index contributed by atoms with van der Waals surface area (Å²) >= 11 is 0. The van der Waals surface area contributed by atoms with Gasteiger partial charge in [0.25, 0.3) is 0 Å². The maximum absolute atomic E-state index is 6.58. The van der Waals surface area contributed by atoms with Crippen LogP contribution in [0.2, 0.25) is 0 Å². The number of rotatable bonds is 3. The normalized spacial score (nSPS) is 13.5. The van der Waals surface area contributed by atoms with E-state index in [9.17, 15) is 0 Å². The molecule has 0 N–H and O–H groups in total. The van der Waals surface area contributed by atoms with Crippen LogP contribution in [0.15, 0.2) is 168 Å². The minimum Gasteiger partial charge on any atom is -0.455 e. The third-order valence-corrected chi connectivity index (χ3v) is 11.4. The zero-order chi connectivity index (χ0) is 33.8. The van der Waals surface area contributed by atoms with Gasteiger partial charge in [0.15, 0.2) is 0 Å².